The highest BCUT2D eigenvalue weighted by molar-refractivity contribution is 7.89. The summed E-state index contributed by atoms with van der Waals surface area (Å²) in [6, 6.07) is 13.7. The second kappa shape index (κ2) is 9.15. The van der Waals surface area contributed by atoms with E-state index < -0.39 is 15.9 Å². The molecule has 4 rings (SSSR count). The minimum absolute atomic E-state index is 0.158. The van der Waals surface area contributed by atoms with Crippen LogP contribution in [0.2, 0.25) is 0 Å². The monoisotopic (exact) mass is 446 g/mol. The number of hydrogen-bond acceptors (Lipinski definition) is 6. The summed E-state index contributed by atoms with van der Waals surface area (Å²) in [7, 11) is -2.14. The number of nitrogens with one attached hydrogen (secondary N) is 1. The maximum atomic E-state index is 13.0. The second-order valence-electron chi connectivity index (χ2n) is 7.62. The first-order valence-corrected chi connectivity index (χ1v) is 11.7. The second-order valence-corrected chi connectivity index (χ2v) is 9.56. The van der Waals surface area contributed by atoms with Crippen molar-refractivity contribution in [1.82, 2.24) is 9.62 Å². The smallest absolute Gasteiger partial charge is 0.243 e. The predicted molar refractivity (Wildman–Crippen MR) is 114 cm³/mol. The van der Waals surface area contributed by atoms with Crippen molar-refractivity contribution in [2.24, 2.45) is 5.92 Å². The van der Waals surface area contributed by atoms with Crippen LogP contribution in [0.1, 0.15) is 12.8 Å². The number of sulfonamides is 1. The van der Waals surface area contributed by atoms with E-state index in [2.05, 4.69) is 5.32 Å². The molecule has 0 bridgehead atoms. The zero-order valence-electron chi connectivity index (χ0n) is 17.3. The summed E-state index contributed by atoms with van der Waals surface area (Å²) in [5, 5.41) is 2.90. The van der Waals surface area contributed by atoms with Crippen molar-refractivity contribution in [2.75, 3.05) is 33.4 Å². The molecule has 1 fully saturated rings. The Morgan fingerprint density at radius 3 is 2.65 bits per heavy atom. The lowest BCUT2D eigenvalue weighted by Crippen LogP contribution is -2.48. The summed E-state index contributed by atoms with van der Waals surface area (Å²) in [6.45, 7) is 1.20. The van der Waals surface area contributed by atoms with Crippen molar-refractivity contribution in [3.63, 3.8) is 0 Å². The van der Waals surface area contributed by atoms with Crippen LogP contribution in [0, 0.1) is 5.92 Å². The molecule has 2 aliphatic rings. The van der Waals surface area contributed by atoms with Crippen LogP contribution >= 0.6 is 0 Å². The molecule has 2 aliphatic heterocycles. The van der Waals surface area contributed by atoms with E-state index in [1.54, 1.807) is 12.1 Å². The lowest BCUT2D eigenvalue weighted by atomic mass is 9.99. The third kappa shape index (κ3) is 4.77. The van der Waals surface area contributed by atoms with E-state index in [-0.39, 0.29) is 23.5 Å². The minimum atomic E-state index is -3.67. The third-order valence-corrected chi connectivity index (χ3v) is 7.40. The SMILES string of the molecule is COc1ccc(S(=O)(=O)N2CCC[C@H](C(=O)NC[C@H]3COc4ccccc4O3)C2)cc1. The van der Waals surface area contributed by atoms with Crippen LogP contribution in [0.3, 0.4) is 0 Å². The molecule has 2 heterocycles. The normalized spacial score (nSPS) is 21.3. The van der Waals surface area contributed by atoms with Gasteiger partial charge in [0.15, 0.2) is 11.5 Å². The molecule has 31 heavy (non-hydrogen) atoms. The molecule has 0 aliphatic carbocycles. The molecule has 2 atom stereocenters. The van der Waals surface area contributed by atoms with Crippen molar-refractivity contribution >= 4 is 15.9 Å². The van der Waals surface area contributed by atoms with E-state index in [4.69, 9.17) is 14.2 Å². The van der Waals surface area contributed by atoms with Crippen molar-refractivity contribution in [2.45, 2.75) is 23.8 Å². The fourth-order valence-corrected chi connectivity index (χ4v) is 5.32. The largest absolute Gasteiger partial charge is 0.497 e. The number of methoxy groups -OCH3 is 1. The van der Waals surface area contributed by atoms with Gasteiger partial charge in [-0.2, -0.15) is 4.31 Å². The molecule has 166 valence electrons. The zero-order valence-corrected chi connectivity index (χ0v) is 18.1. The van der Waals surface area contributed by atoms with Crippen molar-refractivity contribution in [3.8, 4) is 17.2 Å². The number of hydrogen-bond donors (Lipinski definition) is 1. The molecule has 0 radical (unpaired) electrons. The Morgan fingerprint density at radius 2 is 1.90 bits per heavy atom. The van der Waals surface area contributed by atoms with Crippen LogP contribution in [-0.4, -0.2) is 58.1 Å². The third-order valence-electron chi connectivity index (χ3n) is 5.52. The first kappa shape index (κ1) is 21.5. The zero-order chi connectivity index (χ0) is 21.8. The topological polar surface area (TPSA) is 94.2 Å². The molecule has 0 aromatic heterocycles. The molecule has 1 saturated heterocycles. The highest BCUT2D eigenvalue weighted by Gasteiger charge is 2.33. The van der Waals surface area contributed by atoms with Gasteiger partial charge in [-0.25, -0.2) is 8.42 Å². The molecule has 2 aromatic rings. The Hall–Kier alpha value is -2.78. The van der Waals surface area contributed by atoms with Crippen LogP contribution in [0.25, 0.3) is 0 Å². The van der Waals surface area contributed by atoms with Crippen LogP contribution < -0.4 is 19.5 Å². The number of benzene rings is 2. The van der Waals surface area contributed by atoms with Crippen molar-refractivity contribution in [3.05, 3.63) is 48.5 Å². The summed E-state index contributed by atoms with van der Waals surface area (Å²) in [6.07, 6.45) is 0.983. The number of nitrogens with zero attached hydrogens (tertiary/aromatic N) is 1. The van der Waals surface area contributed by atoms with Gasteiger partial charge in [-0.1, -0.05) is 12.1 Å². The predicted octanol–water partition coefficient (Wildman–Crippen LogP) is 2.05. The fourth-order valence-electron chi connectivity index (χ4n) is 3.79. The standard InChI is InChI=1S/C22H26N2O6S/c1-28-17-8-10-19(11-9-17)31(26,27)24-12-4-5-16(14-24)22(25)23-13-18-15-29-20-6-2-3-7-21(20)30-18/h2-3,6-11,16,18H,4-5,12-15H2,1H3,(H,23,25)/t16-,18-/m0/s1. The van der Waals surface area contributed by atoms with Gasteiger partial charge in [-0.15, -0.1) is 0 Å². The van der Waals surface area contributed by atoms with Gasteiger partial charge in [0.1, 0.15) is 18.5 Å². The summed E-state index contributed by atoms with van der Waals surface area (Å²) in [5.74, 6) is 1.36. The summed E-state index contributed by atoms with van der Waals surface area (Å²) in [5.41, 5.74) is 0. The van der Waals surface area contributed by atoms with Crippen LogP contribution in [-0.2, 0) is 14.8 Å². The maximum Gasteiger partial charge on any atom is 0.243 e. The number of carbonyl (C=O) groups excluding carboxylic acids is 1. The van der Waals surface area contributed by atoms with Gasteiger partial charge in [0, 0.05) is 13.1 Å². The van der Waals surface area contributed by atoms with E-state index in [0.717, 1.165) is 0 Å². The highest BCUT2D eigenvalue weighted by Crippen LogP contribution is 2.31. The van der Waals surface area contributed by atoms with E-state index in [1.165, 1.54) is 23.5 Å². The van der Waals surface area contributed by atoms with Gasteiger partial charge >= 0.3 is 0 Å². The quantitative estimate of drug-likeness (QED) is 0.730. The van der Waals surface area contributed by atoms with Gasteiger partial charge in [-0.05, 0) is 49.2 Å². The molecule has 1 amide bonds. The van der Waals surface area contributed by atoms with Gasteiger partial charge < -0.3 is 19.5 Å². The Bertz CT molecular complexity index is 1020. The van der Waals surface area contributed by atoms with E-state index >= 15 is 0 Å². The van der Waals surface area contributed by atoms with E-state index in [0.29, 0.717) is 49.8 Å². The highest BCUT2D eigenvalue weighted by atomic mass is 32.2. The van der Waals surface area contributed by atoms with Crippen LogP contribution in [0.15, 0.2) is 53.4 Å². The Kier molecular flexibility index (Phi) is 6.33. The molecule has 9 heteroatoms. The first-order valence-electron chi connectivity index (χ1n) is 10.3. The molecule has 0 spiro atoms. The summed E-state index contributed by atoms with van der Waals surface area (Å²) >= 11 is 0. The molecule has 1 N–H and O–H groups in total. The molecule has 0 unspecified atom stereocenters. The Balaban J connectivity index is 1.34. The lowest BCUT2D eigenvalue weighted by Gasteiger charge is -2.32. The number of amides is 1. The number of rotatable bonds is 6. The van der Waals surface area contributed by atoms with Gasteiger partial charge in [0.05, 0.1) is 24.5 Å². The van der Waals surface area contributed by atoms with E-state index in [9.17, 15) is 13.2 Å². The first-order chi connectivity index (χ1) is 15.0. The minimum Gasteiger partial charge on any atom is -0.497 e. The summed E-state index contributed by atoms with van der Waals surface area (Å²) in [4.78, 5) is 12.9. The van der Waals surface area contributed by atoms with Crippen molar-refractivity contribution < 1.29 is 27.4 Å². The molecule has 8 nitrogen and oxygen atoms in total. The number of para-hydroxylation sites is 2. The Labute approximate surface area is 182 Å². The van der Waals surface area contributed by atoms with Crippen LogP contribution in [0.4, 0.5) is 0 Å². The fraction of sp³-hybridized carbons (Fsp3) is 0.409. The number of carbonyl (C=O) groups is 1. The van der Waals surface area contributed by atoms with Crippen LogP contribution in [0.5, 0.6) is 17.2 Å². The van der Waals surface area contributed by atoms with Gasteiger partial charge in [0.25, 0.3) is 0 Å². The lowest BCUT2D eigenvalue weighted by molar-refractivity contribution is -0.126. The molecule has 2 aromatic carbocycles. The molecular formula is C22H26N2O6S. The maximum absolute atomic E-state index is 13.0. The van der Waals surface area contributed by atoms with Gasteiger partial charge in [-0.3, -0.25) is 4.79 Å². The number of ether oxygens (including phenoxy) is 3. The average molecular weight is 447 g/mol. The van der Waals surface area contributed by atoms with Gasteiger partial charge in [0.2, 0.25) is 15.9 Å². The Morgan fingerprint density at radius 1 is 1.16 bits per heavy atom. The molecule has 0 saturated carbocycles. The van der Waals surface area contributed by atoms with Crippen molar-refractivity contribution in [1.29, 1.82) is 0 Å². The summed E-state index contributed by atoms with van der Waals surface area (Å²) < 4.78 is 44.0. The molecular weight excluding hydrogens is 420 g/mol. The number of fused-ring (bicyclic) bond motifs is 1. The number of piperidine rings is 1. The van der Waals surface area contributed by atoms with E-state index in [1.807, 2.05) is 24.3 Å². The average Bonchev–Trinajstić information content (AvgIpc) is 2.82.